The molecule has 0 saturated carbocycles. The smallest absolute Gasteiger partial charge is 0.297 e. The average Bonchev–Trinajstić information content (AvgIpc) is 3.00. The summed E-state index contributed by atoms with van der Waals surface area (Å²) in [5.74, 6) is 1.03. The second-order valence-electron chi connectivity index (χ2n) is 10.9. The molecule has 0 spiro atoms. The lowest BCUT2D eigenvalue weighted by molar-refractivity contribution is -0.106. The van der Waals surface area contributed by atoms with Crippen LogP contribution in [0.5, 0.6) is 11.5 Å². The molecule has 2 atom stereocenters. The first-order valence-electron chi connectivity index (χ1n) is 14.5. The van der Waals surface area contributed by atoms with E-state index in [2.05, 4.69) is 22.3 Å². The first-order chi connectivity index (χ1) is 20.6. The van der Waals surface area contributed by atoms with E-state index in [-0.39, 0.29) is 17.8 Å². The van der Waals surface area contributed by atoms with Crippen molar-refractivity contribution >= 4 is 32.4 Å². The van der Waals surface area contributed by atoms with Gasteiger partial charge < -0.3 is 24.4 Å². The molecule has 10 heteroatoms. The van der Waals surface area contributed by atoms with Crippen LogP contribution in [0.1, 0.15) is 31.7 Å². The summed E-state index contributed by atoms with van der Waals surface area (Å²) in [5.41, 5.74) is 5.28. The molecule has 0 bridgehead atoms. The fourth-order valence-corrected chi connectivity index (χ4v) is 5.96. The number of nitrogens with zero attached hydrogens (tertiary/aromatic N) is 2. The summed E-state index contributed by atoms with van der Waals surface area (Å²) in [6, 6.07) is 20.7. The number of fused-ring (bicyclic) bond motifs is 1. The molecule has 43 heavy (non-hydrogen) atoms. The molecule has 1 N–H and O–H groups in total. The lowest BCUT2D eigenvalue weighted by atomic mass is 10.1. The van der Waals surface area contributed by atoms with Crippen molar-refractivity contribution in [2.75, 3.05) is 44.6 Å². The van der Waals surface area contributed by atoms with Crippen molar-refractivity contribution in [3.05, 3.63) is 72.3 Å². The number of nitrogens with one attached hydrogen (secondary N) is 1. The molecule has 4 aromatic rings. The summed E-state index contributed by atoms with van der Waals surface area (Å²) in [7, 11) is 1.76. The van der Waals surface area contributed by atoms with Crippen LogP contribution in [0.3, 0.4) is 0 Å². The zero-order valence-electron chi connectivity index (χ0n) is 25.3. The highest BCUT2D eigenvalue weighted by molar-refractivity contribution is 7.86. The SMILES string of the molecule is CNc1ccc(-c2ccc3cc(N(C)C)ccc3n2)cc1OCC(C)OS(=O)(=O)c1ccc(C)c(OC2CCCCO2)c1. The molecular weight excluding hydrogens is 566 g/mol. The summed E-state index contributed by atoms with van der Waals surface area (Å²) < 4.78 is 49.5. The highest BCUT2D eigenvalue weighted by Gasteiger charge is 2.23. The molecule has 1 saturated heterocycles. The third-order valence-corrected chi connectivity index (χ3v) is 8.76. The van der Waals surface area contributed by atoms with Gasteiger partial charge in [-0.05, 0) is 74.7 Å². The Hall–Kier alpha value is -3.86. The molecule has 1 aliphatic heterocycles. The molecule has 1 aromatic heterocycles. The predicted molar refractivity (Wildman–Crippen MR) is 170 cm³/mol. The Morgan fingerprint density at radius 2 is 1.86 bits per heavy atom. The van der Waals surface area contributed by atoms with Gasteiger partial charge in [-0.25, -0.2) is 4.98 Å². The van der Waals surface area contributed by atoms with E-state index in [0.717, 1.165) is 58.4 Å². The number of hydrogen-bond donors (Lipinski definition) is 1. The van der Waals surface area contributed by atoms with Crippen molar-refractivity contribution in [1.29, 1.82) is 0 Å². The number of rotatable bonds is 11. The number of anilines is 2. The Labute approximate surface area is 253 Å². The minimum Gasteiger partial charge on any atom is -0.489 e. The normalized spacial score (nSPS) is 16.1. The summed E-state index contributed by atoms with van der Waals surface area (Å²) in [4.78, 5) is 6.93. The van der Waals surface area contributed by atoms with E-state index in [0.29, 0.717) is 18.1 Å². The van der Waals surface area contributed by atoms with E-state index in [1.165, 1.54) is 12.1 Å². The van der Waals surface area contributed by atoms with Crippen LogP contribution in [0.4, 0.5) is 11.4 Å². The molecule has 2 heterocycles. The van der Waals surface area contributed by atoms with Gasteiger partial charge >= 0.3 is 0 Å². The van der Waals surface area contributed by atoms with E-state index in [4.69, 9.17) is 23.4 Å². The van der Waals surface area contributed by atoms with Crippen LogP contribution in [0.2, 0.25) is 0 Å². The lowest BCUT2D eigenvalue weighted by Gasteiger charge is -2.24. The topological polar surface area (TPSA) is 99.2 Å². The molecule has 1 fully saturated rings. The van der Waals surface area contributed by atoms with E-state index >= 15 is 0 Å². The quantitative estimate of drug-likeness (QED) is 0.195. The molecule has 0 radical (unpaired) electrons. The van der Waals surface area contributed by atoms with Crippen LogP contribution in [0.15, 0.2) is 71.6 Å². The Morgan fingerprint density at radius 3 is 2.60 bits per heavy atom. The average molecular weight is 606 g/mol. The molecular formula is C33H39N3O6S. The first kappa shape index (κ1) is 30.6. The van der Waals surface area contributed by atoms with Crippen LogP contribution in [0.25, 0.3) is 22.2 Å². The van der Waals surface area contributed by atoms with Gasteiger partial charge in [0.05, 0.1) is 28.4 Å². The maximum atomic E-state index is 13.1. The van der Waals surface area contributed by atoms with Gasteiger partial charge in [0, 0.05) is 50.3 Å². The Balaban J connectivity index is 1.27. The third kappa shape index (κ3) is 7.38. The van der Waals surface area contributed by atoms with Crippen LogP contribution < -0.4 is 19.7 Å². The number of aromatic nitrogens is 1. The van der Waals surface area contributed by atoms with Crippen molar-refractivity contribution < 1.29 is 26.8 Å². The number of benzene rings is 3. The van der Waals surface area contributed by atoms with Crippen LogP contribution >= 0.6 is 0 Å². The first-order valence-corrected chi connectivity index (χ1v) is 15.9. The predicted octanol–water partition coefficient (Wildman–Crippen LogP) is 6.40. The fourth-order valence-electron chi connectivity index (χ4n) is 4.87. The van der Waals surface area contributed by atoms with Gasteiger partial charge in [0.2, 0.25) is 0 Å². The van der Waals surface area contributed by atoms with Crippen LogP contribution in [-0.2, 0) is 19.0 Å². The molecule has 2 unspecified atom stereocenters. The van der Waals surface area contributed by atoms with Crippen molar-refractivity contribution in [1.82, 2.24) is 4.98 Å². The van der Waals surface area contributed by atoms with Crippen molar-refractivity contribution in [3.63, 3.8) is 0 Å². The Bertz CT molecular complexity index is 1690. The van der Waals surface area contributed by atoms with Gasteiger partial charge in [-0.1, -0.05) is 18.2 Å². The Kier molecular flexibility index (Phi) is 9.39. The molecule has 0 amide bonds. The Morgan fingerprint density at radius 1 is 1.02 bits per heavy atom. The van der Waals surface area contributed by atoms with Crippen molar-refractivity contribution in [2.24, 2.45) is 0 Å². The lowest BCUT2D eigenvalue weighted by Crippen LogP contribution is -2.25. The number of hydrogen-bond acceptors (Lipinski definition) is 9. The minimum atomic E-state index is -4.07. The second-order valence-corrected chi connectivity index (χ2v) is 12.5. The molecule has 3 aromatic carbocycles. The number of pyridine rings is 1. The fraction of sp³-hybridized carbons (Fsp3) is 0.364. The van der Waals surface area contributed by atoms with Gasteiger partial charge in [-0.3, -0.25) is 4.18 Å². The minimum absolute atomic E-state index is 0.0148. The number of ether oxygens (including phenoxy) is 3. The van der Waals surface area contributed by atoms with Crippen LogP contribution in [-0.4, -0.2) is 60.2 Å². The zero-order valence-corrected chi connectivity index (χ0v) is 26.1. The summed E-state index contributed by atoms with van der Waals surface area (Å²) in [6.45, 7) is 4.18. The van der Waals surface area contributed by atoms with Gasteiger partial charge in [0.1, 0.15) is 24.2 Å². The molecule has 5 rings (SSSR count). The third-order valence-electron chi connectivity index (χ3n) is 7.34. The largest absolute Gasteiger partial charge is 0.489 e. The van der Waals surface area contributed by atoms with Crippen molar-refractivity contribution in [3.8, 4) is 22.8 Å². The van der Waals surface area contributed by atoms with Crippen molar-refractivity contribution in [2.45, 2.75) is 50.4 Å². The van der Waals surface area contributed by atoms with E-state index < -0.39 is 16.2 Å². The van der Waals surface area contributed by atoms with Gasteiger partial charge in [-0.2, -0.15) is 8.42 Å². The summed E-state index contributed by atoms with van der Waals surface area (Å²) in [5, 5.41) is 4.19. The maximum absolute atomic E-state index is 13.1. The second kappa shape index (κ2) is 13.2. The van der Waals surface area contributed by atoms with Gasteiger partial charge in [-0.15, -0.1) is 0 Å². The van der Waals surface area contributed by atoms with E-state index in [1.54, 1.807) is 20.0 Å². The van der Waals surface area contributed by atoms with Crippen LogP contribution in [0, 0.1) is 6.92 Å². The molecule has 0 aliphatic carbocycles. The zero-order chi connectivity index (χ0) is 30.6. The summed E-state index contributed by atoms with van der Waals surface area (Å²) in [6.07, 6.45) is 1.65. The van der Waals surface area contributed by atoms with E-state index in [1.807, 2.05) is 57.4 Å². The monoisotopic (exact) mass is 605 g/mol. The van der Waals surface area contributed by atoms with E-state index in [9.17, 15) is 8.42 Å². The number of aryl methyl sites for hydroxylation is 1. The molecule has 1 aliphatic rings. The van der Waals surface area contributed by atoms with Gasteiger partial charge in [0.25, 0.3) is 10.1 Å². The molecule has 9 nitrogen and oxygen atoms in total. The summed E-state index contributed by atoms with van der Waals surface area (Å²) >= 11 is 0. The highest BCUT2D eigenvalue weighted by atomic mass is 32.2. The maximum Gasteiger partial charge on any atom is 0.297 e. The highest BCUT2D eigenvalue weighted by Crippen LogP contribution is 2.32. The molecule has 228 valence electrons. The standard InChI is InChI=1S/C33H39N3O6S/c1-22-9-13-27(20-31(22)41-33-8-6-7-17-39-33)43(37,38)42-23(2)21-40-32-19-25(11-15-30(32)34-3)28-14-10-24-18-26(36(4)5)12-16-29(24)35-28/h9-16,18-20,23,33-34H,6-8,17,21H2,1-5H3. The van der Waals surface area contributed by atoms with Gasteiger partial charge in [0.15, 0.2) is 6.29 Å².